The molecule has 7 heteroatoms. The summed E-state index contributed by atoms with van der Waals surface area (Å²) in [5.74, 6) is 2.15. The van der Waals surface area contributed by atoms with Gasteiger partial charge in [0.15, 0.2) is 0 Å². The van der Waals surface area contributed by atoms with Crippen LogP contribution in [0.1, 0.15) is 11.1 Å². The van der Waals surface area contributed by atoms with Crippen LogP contribution in [0.25, 0.3) is 0 Å². The molecule has 0 saturated heterocycles. The fourth-order valence-electron chi connectivity index (χ4n) is 3.95. The number of anilines is 1. The number of ether oxygens (including phenoxy) is 2. The molecule has 0 bridgehead atoms. The van der Waals surface area contributed by atoms with Gasteiger partial charge in [-0.15, -0.1) is 0 Å². The first-order chi connectivity index (χ1) is 25.0. The third-order valence-corrected chi connectivity index (χ3v) is 6.51. The van der Waals surface area contributed by atoms with Gasteiger partial charge < -0.3 is 20.3 Å². The molecule has 0 amide bonds. The molecule has 0 saturated carbocycles. The van der Waals surface area contributed by atoms with Gasteiger partial charge in [-0.05, 0) is 59.7 Å². The lowest BCUT2D eigenvalue weighted by molar-refractivity contribution is -0.384. The Hall–Kier alpha value is -6.86. The molecule has 0 aliphatic heterocycles. The lowest BCUT2D eigenvalue weighted by Gasteiger charge is -2.05. The maximum atomic E-state index is 10.0. The first-order valence-corrected chi connectivity index (χ1v) is 16.2. The average molecular weight is 679 g/mol. The van der Waals surface area contributed by atoms with Crippen molar-refractivity contribution in [1.82, 2.24) is 0 Å². The first kappa shape index (κ1) is 38.6. The summed E-state index contributed by atoms with van der Waals surface area (Å²) < 4.78 is 11.2. The molecule has 7 aromatic rings. The summed E-state index contributed by atoms with van der Waals surface area (Å²) in [6.45, 7) is 1.26. The smallest absolute Gasteiger partial charge is 0.269 e. The van der Waals surface area contributed by atoms with Crippen molar-refractivity contribution < 1.29 is 19.5 Å². The van der Waals surface area contributed by atoms with Gasteiger partial charge in [-0.25, -0.2) is 0 Å². The summed E-state index contributed by atoms with van der Waals surface area (Å²) in [5.41, 5.74) is 8.70. The maximum absolute atomic E-state index is 10.0. The molecular weight excluding hydrogens is 636 g/mol. The third-order valence-electron chi connectivity index (χ3n) is 6.51. The van der Waals surface area contributed by atoms with E-state index in [0.29, 0.717) is 19.0 Å². The Bertz CT molecular complexity index is 1650. The number of hydrogen-bond acceptors (Lipinski definition) is 6. The van der Waals surface area contributed by atoms with Gasteiger partial charge in [-0.3, -0.25) is 10.1 Å². The van der Waals surface area contributed by atoms with Crippen LogP contribution in [0, 0.1) is 10.1 Å². The predicted molar refractivity (Wildman–Crippen MR) is 206 cm³/mol. The molecule has 7 aromatic carbocycles. The molecule has 0 unspecified atom stereocenters. The number of nitrogens with two attached hydrogens (primary N) is 1. The molecule has 0 radical (unpaired) electrons. The monoisotopic (exact) mass is 678 g/mol. The minimum absolute atomic E-state index is 0.137. The minimum atomic E-state index is -0.417. The molecule has 0 spiro atoms. The van der Waals surface area contributed by atoms with E-state index in [2.05, 4.69) is 24.3 Å². The first-order valence-electron chi connectivity index (χ1n) is 16.2. The van der Waals surface area contributed by atoms with Gasteiger partial charge in [-0.2, -0.15) is 0 Å². The Kier molecular flexibility index (Phi) is 18.4. The number of phenols is 1. The molecule has 7 nitrogen and oxygen atoms in total. The van der Waals surface area contributed by atoms with Crippen molar-refractivity contribution in [3.8, 4) is 17.2 Å². The van der Waals surface area contributed by atoms with Crippen LogP contribution < -0.4 is 15.2 Å². The summed E-state index contributed by atoms with van der Waals surface area (Å²) in [5, 5.41) is 18.6. The molecule has 258 valence electrons. The number of hydrogen-bond donors (Lipinski definition) is 2. The predicted octanol–water partition coefficient (Wildman–Crippen LogP) is 10.8. The van der Waals surface area contributed by atoms with Crippen molar-refractivity contribution in [2.75, 3.05) is 5.73 Å². The summed E-state index contributed by atoms with van der Waals surface area (Å²) in [6, 6.07) is 66.1. The standard InChI is InChI=1S/2C13H12O.C6H5NO2.C6H7N.C6H6O/c2*1-3-7-12(8-4-1)11-14-13-9-5-2-6-10-13;8-7(9)6-4-2-1-3-5-6;2*7-6-4-2-1-3-5-6/h2*1-10H,11H2;1-5H;1-5H,7H2;1-5,7H. The van der Waals surface area contributed by atoms with Crippen LogP contribution >= 0.6 is 0 Å². The summed E-state index contributed by atoms with van der Waals surface area (Å²) in [7, 11) is 0. The molecule has 0 aliphatic carbocycles. The molecule has 3 N–H and O–H groups in total. The summed E-state index contributed by atoms with van der Waals surface area (Å²) in [6.07, 6.45) is 0. The Morgan fingerprint density at radius 1 is 0.451 bits per heavy atom. The van der Waals surface area contributed by atoms with Crippen molar-refractivity contribution in [2.24, 2.45) is 0 Å². The van der Waals surface area contributed by atoms with Gasteiger partial charge in [0.05, 0.1) is 4.92 Å². The normalized spacial score (nSPS) is 9.25. The second kappa shape index (κ2) is 24.3. The van der Waals surface area contributed by atoms with Crippen LogP contribution in [0.4, 0.5) is 11.4 Å². The van der Waals surface area contributed by atoms with Crippen molar-refractivity contribution in [2.45, 2.75) is 13.2 Å². The zero-order valence-corrected chi connectivity index (χ0v) is 28.2. The molecular formula is C44H42N2O5. The van der Waals surface area contributed by atoms with E-state index in [1.807, 2.05) is 133 Å². The minimum Gasteiger partial charge on any atom is -0.508 e. The van der Waals surface area contributed by atoms with E-state index in [0.717, 1.165) is 17.2 Å². The molecule has 0 heterocycles. The van der Waals surface area contributed by atoms with Gasteiger partial charge in [0.25, 0.3) is 5.69 Å². The van der Waals surface area contributed by atoms with E-state index in [9.17, 15) is 10.1 Å². The quantitative estimate of drug-likeness (QED) is 0.0987. The van der Waals surface area contributed by atoms with E-state index in [1.165, 1.54) is 23.3 Å². The van der Waals surface area contributed by atoms with Crippen LogP contribution in [0.3, 0.4) is 0 Å². The number of para-hydroxylation sites is 5. The van der Waals surface area contributed by atoms with E-state index >= 15 is 0 Å². The molecule has 0 atom stereocenters. The Labute approximate surface area is 300 Å². The number of benzene rings is 7. The second-order valence-corrected chi connectivity index (χ2v) is 10.5. The highest BCUT2D eigenvalue weighted by Crippen LogP contribution is 2.12. The van der Waals surface area contributed by atoms with E-state index < -0.39 is 4.92 Å². The van der Waals surface area contributed by atoms with Crippen molar-refractivity contribution in [3.05, 3.63) is 234 Å². The number of nitrogens with zero attached hydrogens (tertiary/aromatic N) is 1. The maximum Gasteiger partial charge on any atom is 0.269 e. The highest BCUT2D eigenvalue weighted by Gasteiger charge is 1.98. The largest absolute Gasteiger partial charge is 0.508 e. The van der Waals surface area contributed by atoms with E-state index in [-0.39, 0.29) is 5.69 Å². The van der Waals surface area contributed by atoms with Crippen LogP contribution in [0.15, 0.2) is 212 Å². The SMILES string of the molecule is Nc1ccccc1.O=[N+]([O-])c1ccccc1.Oc1ccccc1.c1ccc(COc2ccccc2)cc1.c1ccc(COc2ccccc2)cc1. The Balaban J connectivity index is 0.000000178. The van der Waals surface area contributed by atoms with Gasteiger partial charge in [0, 0.05) is 17.8 Å². The zero-order valence-electron chi connectivity index (χ0n) is 28.2. The molecule has 7 rings (SSSR count). The fourth-order valence-corrected chi connectivity index (χ4v) is 3.95. The zero-order chi connectivity index (χ0) is 36.2. The van der Waals surface area contributed by atoms with Gasteiger partial charge in [0.1, 0.15) is 30.5 Å². The highest BCUT2D eigenvalue weighted by molar-refractivity contribution is 5.36. The number of phenolic OH excluding ortho intramolecular Hbond substituents is 1. The Morgan fingerprint density at radius 2 is 0.745 bits per heavy atom. The lowest BCUT2D eigenvalue weighted by atomic mass is 10.2. The highest BCUT2D eigenvalue weighted by atomic mass is 16.6. The van der Waals surface area contributed by atoms with Crippen molar-refractivity contribution in [3.63, 3.8) is 0 Å². The van der Waals surface area contributed by atoms with E-state index in [1.54, 1.807) is 42.5 Å². The van der Waals surface area contributed by atoms with Crippen LogP contribution in [-0.2, 0) is 13.2 Å². The second-order valence-electron chi connectivity index (χ2n) is 10.5. The molecule has 0 fully saturated rings. The van der Waals surface area contributed by atoms with Crippen LogP contribution in [-0.4, -0.2) is 10.0 Å². The van der Waals surface area contributed by atoms with E-state index in [4.69, 9.17) is 20.3 Å². The van der Waals surface area contributed by atoms with Crippen molar-refractivity contribution in [1.29, 1.82) is 0 Å². The average Bonchev–Trinajstić information content (AvgIpc) is 3.20. The Morgan fingerprint density at radius 3 is 1.00 bits per heavy atom. The van der Waals surface area contributed by atoms with Gasteiger partial charge in [0.2, 0.25) is 0 Å². The number of nitro benzene ring substituents is 1. The number of nitrogen functional groups attached to an aromatic ring is 1. The molecule has 51 heavy (non-hydrogen) atoms. The number of rotatable bonds is 7. The lowest BCUT2D eigenvalue weighted by Crippen LogP contribution is -1.94. The van der Waals surface area contributed by atoms with Crippen LogP contribution in [0.2, 0.25) is 0 Å². The third kappa shape index (κ3) is 18.3. The fraction of sp³-hybridized carbons (Fsp3) is 0.0455. The number of nitro groups is 1. The molecule has 0 aliphatic rings. The topological polar surface area (TPSA) is 108 Å². The van der Waals surface area contributed by atoms with Crippen LogP contribution in [0.5, 0.6) is 17.2 Å². The molecule has 0 aromatic heterocycles. The van der Waals surface area contributed by atoms with Gasteiger partial charge >= 0.3 is 0 Å². The number of aromatic hydroxyl groups is 1. The number of non-ortho nitro benzene ring substituents is 1. The van der Waals surface area contributed by atoms with Crippen molar-refractivity contribution >= 4 is 11.4 Å². The van der Waals surface area contributed by atoms with Gasteiger partial charge in [-0.1, -0.05) is 152 Å². The summed E-state index contributed by atoms with van der Waals surface area (Å²) >= 11 is 0. The summed E-state index contributed by atoms with van der Waals surface area (Å²) in [4.78, 5) is 9.59.